The molecule has 1 aromatic heterocycles. The molecule has 0 aliphatic carbocycles. The van der Waals surface area contributed by atoms with Gasteiger partial charge in [-0.05, 0) is 59.4 Å². The van der Waals surface area contributed by atoms with Crippen LogP contribution in [0.15, 0.2) is 77.7 Å². The van der Waals surface area contributed by atoms with E-state index in [1.807, 2.05) is 78.6 Å². The number of hydrogen-bond acceptors (Lipinski definition) is 8. The number of aromatic nitrogens is 2. The molecule has 1 aliphatic rings. The fourth-order valence-electron chi connectivity index (χ4n) is 6.19. The van der Waals surface area contributed by atoms with E-state index < -0.39 is 0 Å². The molecular formula is C41H52N6O5. The molecule has 52 heavy (non-hydrogen) atoms. The van der Waals surface area contributed by atoms with Gasteiger partial charge in [-0.15, -0.1) is 0 Å². The topological polar surface area (TPSA) is 132 Å². The summed E-state index contributed by atoms with van der Waals surface area (Å²) < 4.78 is 12.5. The molecule has 11 nitrogen and oxygen atoms in total. The van der Waals surface area contributed by atoms with Crippen molar-refractivity contribution in [2.45, 2.75) is 39.5 Å². The number of piperazine rings is 1. The molecular weight excluding hydrogens is 656 g/mol. The molecule has 0 unspecified atom stereocenters. The van der Waals surface area contributed by atoms with E-state index in [1.54, 1.807) is 17.8 Å². The first-order valence-corrected chi connectivity index (χ1v) is 18.0. The number of nitrogens with zero attached hydrogens (tertiary/aromatic N) is 4. The number of anilines is 1. The van der Waals surface area contributed by atoms with Gasteiger partial charge in [-0.25, -0.2) is 4.98 Å². The Hall–Kier alpha value is -4.68. The molecule has 11 heteroatoms. The lowest BCUT2D eigenvalue weighted by Gasteiger charge is -2.34. The highest BCUT2D eigenvalue weighted by molar-refractivity contribution is 6.05. The molecule has 0 radical (unpaired) electrons. The summed E-state index contributed by atoms with van der Waals surface area (Å²) in [6, 6.07) is 20.8. The Morgan fingerprint density at radius 2 is 1.52 bits per heavy atom. The van der Waals surface area contributed by atoms with Gasteiger partial charge >= 0.3 is 0 Å². The molecule has 1 saturated heterocycles. The maximum atomic E-state index is 13.3. The molecule has 2 amide bonds. The van der Waals surface area contributed by atoms with Crippen LogP contribution in [-0.4, -0.2) is 96.9 Å². The van der Waals surface area contributed by atoms with Crippen molar-refractivity contribution in [3.63, 3.8) is 0 Å². The number of carbonyl (C=O) groups excluding carboxylic acids is 2. The van der Waals surface area contributed by atoms with Gasteiger partial charge in [0.2, 0.25) is 0 Å². The Balaban J connectivity index is 1.20. The number of nitrogens with one attached hydrogen (secondary N) is 1. The van der Waals surface area contributed by atoms with Crippen LogP contribution < -0.4 is 16.6 Å². The van der Waals surface area contributed by atoms with E-state index in [2.05, 4.69) is 31.0 Å². The van der Waals surface area contributed by atoms with Crippen LogP contribution in [0.4, 0.5) is 5.69 Å². The van der Waals surface area contributed by atoms with Gasteiger partial charge in [0.1, 0.15) is 5.69 Å². The van der Waals surface area contributed by atoms with Crippen molar-refractivity contribution in [1.29, 1.82) is 0 Å². The molecule has 0 atom stereocenters. The van der Waals surface area contributed by atoms with E-state index >= 15 is 0 Å². The maximum absolute atomic E-state index is 13.3. The summed E-state index contributed by atoms with van der Waals surface area (Å²) >= 11 is 0. The molecule has 0 bridgehead atoms. The first-order valence-electron chi connectivity index (χ1n) is 18.0. The predicted octanol–water partition coefficient (Wildman–Crippen LogP) is 4.65. The van der Waals surface area contributed by atoms with Crippen LogP contribution in [0.3, 0.4) is 0 Å². The SMILES string of the molecule is Cc1c(NC(=O)c2ccc(C(C)(C)C)cc2)cccc1-c1cn(C)c(=O)c(Cc2ccc(C(=O)N3CCN(CCOCCOCCN)CC3)cc2)n1. The smallest absolute Gasteiger partial charge is 0.272 e. The summed E-state index contributed by atoms with van der Waals surface area (Å²) in [5.41, 5.74) is 11.8. The quantitative estimate of drug-likeness (QED) is 0.181. The fraction of sp³-hybridized carbons (Fsp3) is 0.415. The summed E-state index contributed by atoms with van der Waals surface area (Å²) in [5, 5.41) is 3.05. The van der Waals surface area contributed by atoms with Crippen LogP contribution in [-0.2, 0) is 28.4 Å². The van der Waals surface area contributed by atoms with E-state index in [4.69, 9.17) is 20.2 Å². The molecule has 1 aliphatic heterocycles. The lowest BCUT2D eigenvalue weighted by atomic mass is 9.86. The zero-order valence-electron chi connectivity index (χ0n) is 31.1. The third-order valence-corrected chi connectivity index (χ3v) is 9.43. The minimum Gasteiger partial charge on any atom is -0.378 e. The van der Waals surface area contributed by atoms with Crippen molar-refractivity contribution in [2.24, 2.45) is 12.8 Å². The summed E-state index contributed by atoms with van der Waals surface area (Å²) in [4.78, 5) is 48.6. The third kappa shape index (κ3) is 10.0. The first-order chi connectivity index (χ1) is 24.9. The van der Waals surface area contributed by atoms with E-state index in [9.17, 15) is 14.4 Å². The van der Waals surface area contributed by atoms with Crippen LogP contribution in [0, 0.1) is 6.92 Å². The Labute approximate surface area is 306 Å². The van der Waals surface area contributed by atoms with Gasteiger partial charge in [-0.3, -0.25) is 19.3 Å². The van der Waals surface area contributed by atoms with Gasteiger partial charge in [-0.2, -0.15) is 0 Å². The van der Waals surface area contributed by atoms with Crippen molar-refractivity contribution in [1.82, 2.24) is 19.4 Å². The second-order valence-corrected chi connectivity index (χ2v) is 14.3. The maximum Gasteiger partial charge on any atom is 0.272 e. The molecule has 0 saturated carbocycles. The zero-order valence-corrected chi connectivity index (χ0v) is 31.1. The van der Waals surface area contributed by atoms with Crippen molar-refractivity contribution >= 4 is 17.5 Å². The van der Waals surface area contributed by atoms with Gasteiger partial charge in [-0.1, -0.05) is 57.2 Å². The zero-order chi connectivity index (χ0) is 37.3. The van der Waals surface area contributed by atoms with E-state index in [0.717, 1.165) is 41.9 Å². The normalized spacial score (nSPS) is 13.7. The number of nitrogens with two attached hydrogens (primary N) is 1. The highest BCUT2D eigenvalue weighted by Crippen LogP contribution is 2.28. The minimum absolute atomic E-state index is 0.0000844. The van der Waals surface area contributed by atoms with Crippen molar-refractivity contribution < 1.29 is 19.1 Å². The van der Waals surface area contributed by atoms with Gasteiger partial charge in [0.05, 0.1) is 32.1 Å². The van der Waals surface area contributed by atoms with Crippen molar-refractivity contribution in [3.05, 3.63) is 117 Å². The van der Waals surface area contributed by atoms with Crippen LogP contribution in [0.25, 0.3) is 11.3 Å². The molecule has 4 aromatic rings. The number of ether oxygens (including phenoxy) is 2. The number of rotatable bonds is 14. The van der Waals surface area contributed by atoms with Gasteiger partial charge < -0.3 is 30.0 Å². The number of hydrogen-bond donors (Lipinski definition) is 2. The summed E-state index contributed by atoms with van der Waals surface area (Å²) in [7, 11) is 1.72. The van der Waals surface area contributed by atoms with E-state index in [1.165, 1.54) is 0 Å². The summed E-state index contributed by atoms with van der Waals surface area (Å²) in [6.45, 7) is 14.8. The Bertz CT molecular complexity index is 1870. The van der Waals surface area contributed by atoms with Gasteiger partial charge in [0, 0.05) is 81.3 Å². The van der Waals surface area contributed by atoms with E-state index in [-0.39, 0.29) is 22.8 Å². The number of amides is 2. The number of benzene rings is 3. The average molecular weight is 709 g/mol. The summed E-state index contributed by atoms with van der Waals surface area (Å²) in [6.07, 6.45) is 2.04. The Morgan fingerprint density at radius 1 is 0.865 bits per heavy atom. The third-order valence-electron chi connectivity index (χ3n) is 9.43. The van der Waals surface area contributed by atoms with E-state index in [0.29, 0.717) is 80.7 Å². The van der Waals surface area contributed by atoms with Gasteiger partial charge in [0.25, 0.3) is 17.4 Å². The Morgan fingerprint density at radius 3 is 2.17 bits per heavy atom. The van der Waals surface area contributed by atoms with Crippen LogP contribution in [0.5, 0.6) is 0 Å². The largest absolute Gasteiger partial charge is 0.378 e. The number of aryl methyl sites for hydroxylation is 1. The highest BCUT2D eigenvalue weighted by atomic mass is 16.5. The lowest BCUT2D eigenvalue weighted by Crippen LogP contribution is -2.49. The molecule has 2 heterocycles. The highest BCUT2D eigenvalue weighted by Gasteiger charge is 2.22. The fourth-order valence-corrected chi connectivity index (χ4v) is 6.19. The lowest BCUT2D eigenvalue weighted by molar-refractivity contribution is 0.0324. The second kappa shape index (κ2) is 17.7. The predicted molar refractivity (Wildman–Crippen MR) is 205 cm³/mol. The average Bonchev–Trinajstić information content (AvgIpc) is 3.14. The molecule has 276 valence electrons. The van der Waals surface area contributed by atoms with Crippen LogP contribution >= 0.6 is 0 Å². The van der Waals surface area contributed by atoms with Crippen LogP contribution in [0.1, 0.15) is 63.9 Å². The second-order valence-electron chi connectivity index (χ2n) is 14.3. The van der Waals surface area contributed by atoms with Crippen molar-refractivity contribution in [3.8, 4) is 11.3 Å². The Kier molecular flexibility index (Phi) is 13.1. The van der Waals surface area contributed by atoms with Crippen molar-refractivity contribution in [2.75, 3.05) is 71.0 Å². The van der Waals surface area contributed by atoms with Crippen LogP contribution in [0.2, 0.25) is 0 Å². The monoisotopic (exact) mass is 708 g/mol. The first kappa shape index (κ1) is 38.5. The molecule has 1 fully saturated rings. The number of carbonyl (C=O) groups is 2. The summed E-state index contributed by atoms with van der Waals surface area (Å²) in [5.74, 6) is -0.193. The molecule has 0 spiro atoms. The van der Waals surface area contributed by atoms with Gasteiger partial charge in [0.15, 0.2) is 0 Å². The molecule has 3 N–H and O–H groups in total. The molecule has 5 rings (SSSR count). The minimum atomic E-state index is -0.193. The standard InChI is InChI=1S/C41H52N6O5/c1-29-34(7-6-8-35(29)44-38(48)31-13-15-33(16-14-31)41(2,3)4)37-28-45(5)40(50)36(43-37)27-30-9-11-32(12-10-30)39(49)47-20-18-46(19-21-47)22-24-52-26-25-51-23-17-42/h6-16,28H,17-27,42H2,1-5H3,(H,44,48). The molecule has 3 aromatic carbocycles.